The van der Waals surface area contributed by atoms with Gasteiger partial charge in [0.15, 0.2) is 4.90 Å². The highest BCUT2D eigenvalue weighted by Crippen LogP contribution is 2.46. The number of nitrogens with zero attached hydrogens (tertiary/aromatic N) is 2. The molecular formula is C24H31ClN2O3S2. The number of hydrogen-bond acceptors (Lipinski definition) is 4. The van der Waals surface area contributed by atoms with Crippen molar-refractivity contribution in [2.24, 2.45) is 0 Å². The highest BCUT2D eigenvalue weighted by atomic mass is 35.5. The van der Waals surface area contributed by atoms with E-state index < -0.39 is 21.2 Å². The largest absolute Gasteiger partial charge is 0.611 e. The Morgan fingerprint density at radius 3 is 2.47 bits per heavy atom. The Kier molecular flexibility index (Phi) is 7.25. The lowest BCUT2D eigenvalue weighted by atomic mass is 9.74. The summed E-state index contributed by atoms with van der Waals surface area (Å²) >= 11 is 5.17. The topological polar surface area (TPSA) is 63.7 Å². The molecular weight excluding hydrogens is 464 g/mol. The molecule has 2 aliphatic rings. The molecule has 1 spiro atoms. The Hall–Kier alpha value is -1.09. The summed E-state index contributed by atoms with van der Waals surface area (Å²) in [5.74, 6) is 0.842. The zero-order valence-corrected chi connectivity index (χ0v) is 21.1. The van der Waals surface area contributed by atoms with Gasteiger partial charge in [-0.15, -0.1) is 0 Å². The number of sulfonamides is 1. The Balaban J connectivity index is 1.40. The molecule has 1 unspecified atom stereocenters. The Morgan fingerprint density at radius 2 is 1.81 bits per heavy atom. The summed E-state index contributed by atoms with van der Waals surface area (Å²) in [6.45, 7) is 3.30. The van der Waals surface area contributed by atoms with Crippen LogP contribution in [-0.4, -0.2) is 67.4 Å². The lowest BCUT2D eigenvalue weighted by Crippen LogP contribution is -2.44. The van der Waals surface area contributed by atoms with E-state index >= 15 is 0 Å². The molecule has 2 heterocycles. The zero-order chi connectivity index (χ0) is 22.9. The van der Waals surface area contributed by atoms with Gasteiger partial charge < -0.3 is 9.45 Å². The molecule has 4 rings (SSSR count). The Labute approximate surface area is 200 Å². The van der Waals surface area contributed by atoms with Crippen LogP contribution in [0.4, 0.5) is 0 Å². The summed E-state index contributed by atoms with van der Waals surface area (Å²) in [6, 6.07) is 16.0. The summed E-state index contributed by atoms with van der Waals surface area (Å²) in [5.41, 5.74) is 2.44. The lowest BCUT2D eigenvalue weighted by Gasteiger charge is -2.38. The number of piperidine rings is 1. The first kappa shape index (κ1) is 24.0. The predicted molar refractivity (Wildman–Crippen MR) is 131 cm³/mol. The minimum atomic E-state index is -3.24. The van der Waals surface area contributed by atoms with Crippen LogP contribution in [0, 0.1) is 0 Å². The van der Waals surface area contributed by atoms with Gasteiger partial charge >= 0.3 is 0 Å². The molecule has 0 aromatic heterocycles. The molecule has 2 aromatic carbocycles. The van der Waals surface area contributed by atoms with E-state index in [1.54, 1.807) is 7.05 Å². The molecule has 0 bridgehead atoms. The smallest absolute Gasteiger partial charge is 0.210 e. The molecule has 0 aliphatic carbocycles. The maximum Gasteiger partial charge on any atom is 0.210 e. The second kappa shape index (κ2) is 9.65. The first-order valence-electron chi connectivity index (χ1n) is 11.0. The fraction of sp³-hybridized carbons (Fsp3) is 0.500. The van der Waals surface area contributed by atoms with E-state index in [0.717, 1.165) is 55.1 Å². The van der Waals surface area contributed by atoms with Gasteiger partial charge in [-0.1, -0.05) is 41.9 Å². The molecule has 0 N–H and O–H groups in total. The van der Waals surface area contributed by atoms with Gasteiger partial charge in [0.1, 0.15) is 5.75 Å². The van der Waals surface area contributed by atoms with Gasteiger partial charge in [-0.2, -0.15) is 0 Å². The zero-order valence-electron chi connectivity index (χ0n) is 18.7. The molecule has 2 aromatic rings. The van der Waals surface area contributed by atoms with Crippen LogP contribution in [0.1, 0.15) is 36.3 Å². The van der Waals surface area contributed by atoms with E-state index in [4.69, 9.17) is 11.6 Å². The lowest BCUT2D eigenvalue weighted by molar-refractivity contribution is 0.165. The van der Waals surface area contributed by atoms with Crippen molar-refractivity contribution in [2.45, 2.75) is 35.5 Å². The summed E-state index contributed by atoms with van der Waals surface area (Å²) in [6.07, 6.45) is 4.16. The number of rotatable bonds is 7. The van der Waals surface area contributed by atoms with Crippen LogP contribution in [0.15, 0.2) is 53.4 Å². The van der Waals surface area contributed by atoms with Crippen LogP contribution in [0.25, 0.3) is 0 Å². The van der Waals surface area contributed by atoms with E-state index in [2.05, 4.69) is 17.0 Å². The summed E-state index contributed by atoms with van der Waals surface area (Å²) in [5, 5.41) is 0.680. The standard InChI is InChI=1S/C24H31ClN2O3S2/c1-26(32(2,29)30)17-20(19-7-9-21(25)10-8-19)11-14-27-15-12-24(13-16-27)18-31(28)23-6-4-3-5-22(23)24/h3-10,20H,11-18H2,1-2H3/t20-,31?/m1/s1. The van der Waals surface area contributed by atoms with Crippen molar-refractivity contribution >= 4 is 32.8 Å². The minimum absolute atomic E-state index is 0.0457. The van der Waals surface area contributed by atoms with Gasteiger partial charge in [-0.05, 0) is 79.8 Å². The van der Waals surface area contributed by atoms with Crippen molar-refractivity contribution in [1.82, 2.24) is 9.21 Å². The highest BCUT2D eigenvalue weighted by molar-refractivity contribution is 7.91. The van der Waals surface area contributed by atoms with Crippen molar-refractivity contribution in [3.05, 3.63) is 64.7 Å². The normalized spacial score (nSPS) is 21.7. The average Bonchev–Trinajstić information content (AvgIpc) is 3.04. The molecule has 0 saturated carbocycles. The predicted octanol–water partition coefficient (Wildman–Crippen LogP) is 3.86. The van der Waals surface area contributed by atoms with Crippen LogP contribution < -0.4 is 0 Å². The van der Waals surface area contributed by atoms with Crippen molar-refractivity contribution in [2.75, 3.05) is 45.2 Å². The molecule has 5 nitrogen and oxygen atoms in total. The fourth-order valence-corrected chi connectivity index (χ4v) is 7.45. The van der Waals surface area contributed by atoms with E-state index in [1.165, 1.54) is 16.1 Å². The first-order chi connectivity index (χ1) is 15.2. The molecule has 2 atom stereocenters. The van der Waals surface area contributed by atoms with E-state index in [9.17, 15) is 13.0 Å². The molecule has 32 heavy (non-hydrogen) atoms. The number of halogens is 1. The van der Waals surface area contributed by atoms with Crippen LogP contribution in [0.5, 0.6) is 0 Å². The van der Waals surface area contributed by atoms with Crippen molar-refractivity contribution in [1.29, 1.82) is 0 Å². The maximum atomic E-state index is 12.6. The Bertz CT molecular complexity index is 1040. The minimum Gasteiger partial charge on any atom is -0.611 e. The first-order valence-corrected chi connectivity index (χ1v) is 14.6. The quantitative estimate of drug-likeness (QED) is 0.548. The van der Waals surface area contributed by atoms with E-state index in [0.29, 0.717) is 11.6 Å². The molecule has 2 aliphatic heterocycles. The Morgan fingerprint density at radius 1 is 1.16 bits per heavy atom. The summed E-state index contributed by atoms with van der Waals surface area (Å²) in [4.78, 5) is 3.49. The van der Waals surface area contributed by atoms with Crippen LogP contribution in [0.3, 0.4) is 0 Å². The molecule has 0 amide bonds. The molecule has 8 heteroatoms. The van der Waals surface area contributed by atoms with Gasteiger partial charge in [0, 0.05) is 29.6 Å². The van der Waals surface area contributed by atoms with Gasteiger partial charge in [0.05, 0.1) is 6.26 Å². The number of likely N-dealkylation sites (tertiary alicyclic amines) is 1. The molecule has 1 saturated heterocycles. The number of fused-ring (bicyclic) bond motifs is 2. The van der Waals surface area contributed by atoms with Gasteiger partial charge in [-0.25, -0.2) is 12.7 Å². The van der Waals surface area contributed by atoms with Crippen molar-refractivity contribution in [3.8, 4) is 0 Å². The van der Waals surface area contributed by atoms with Crippen molar-refractivity contribution < 1.29 is 13.0 Å². The molecule has 1 fully saturated rings. The van der Waals surface area contributed by atoms with Crippen LogP contribution in [0.2, 0.25) is 5.02 Å². The summed E-state index contributed by atoms with van der Waals surface area (Å²) in [7, 11) is -1.60. The maximum absolute atomic E-state index is 12.6. The number of likely N-dealkylation sites (N-methyl/N-ethyl adjacent to an activating group) is 1. The van der Waals surface area contributed by atoms with E-state index in [1.807, 2.05) is 36.4 Å². The van der Waals surface area contributed by atoms with Gasteiger partial charge in [0.2, 0.25) is 10.0 Å². The third-order valence-corrected chi connectivity index (χ3v) is 10.3. The van der Waals surface area contributed by atoms with Gasteiger partial charge in [-0.3, -0.25) is 0 Å². The monoisotopic (exact) mass is 494 g/mol. The third-order valence-electron chi connectivity index (χ3n) is 7.10. The van der Waals surface area contributed by atoms with Crippen LogP contribution >= 0.6 is 11.6 Å². The summed E-state index contributed by atoms with van der Waals surface area (Å²) < 4.78 is 38.1. The van der Waals surface area contributed by atoms with E-state index in [-0.39, 0.29) is 11.3 Å². The number of benzene rings is 2. The van der Waals surface area contributed by atoms with Crippen molar-refractivity contribution in [3.63, 3.8) is 0 Å². The SMILES string of the molecule is CN(C[C@@H](CCN1CCC2(CC1)C[S+]([O-])c1ccccc12)c1ccc(Cl)cc1)S(C)(=O)=O. The second-order valence-electron chi connectivity index (χ2n) is 9.19. The number of hydrogen-bond donors (Lipinski definition) is 0. The average molecular weight is 495 g/mol. The van der Waals surface area contributed by atoms with Gasteiger partial charge in [0.25, 0.3) is 0 Å². The molecule has 174 valence electrons. The second-order valence-corrected chi connectivity index (χ2v) is 13.1. The third kappa shape index (κ3) is 5.18. The van der Waals surface area contributed by atoms with Crippen LogP contribution in [-0.2, 0) is 26.6 Å². The fourth-order valence-electron chi connectivity index (χ4n) is 5.01. The highest BCUT2D eigenvalue weighted by Gasteiger charge is 2.48. The molecule has 0 radical (unpaired) electrons.